The van der Waals surface area contributed by atoms with Crippen molar-refractivity contribution in [2.45, 2.75) is 6.10 Å². The predicted octanol–water partition coefficient (Wildman–Crippen LogP) is 2.44. The number of rotatable bonds is 5. The lowest BCUT2D eigenvalue weighted by molar-refractivity contribution is -0.116. The number of hydrogen-bond acceptors (Lipinski definition) is 5. The third-order valence-electron chi connectivity index (χ3n) is 3.83. The fourth-order valence-electron chi connectivity index (χ4n) is 2.46. The zero-order valence-electron chi connectivity index (χ0n) is 14.3. The van der Waals surface area contributed by atoms with Gasteiger partial charge < -0.3 is 19.5 Å². The van der Waals surface area contributed by atoms with Crippen molar-refractivity contribution in [3.05, 3.63) is 65.7 Å². The Balaban J connectivity index is 1.48. The van der Waals surface area contributed by atoms with Gasteiger partial charge in [0.05, 0.1) is 19.2 Å². The molecule has 1 amide bonds. The van der Waals surface area contributed by atoms with Gasteiger partial charge in [-0.3, -0.25) is 4.79 Å². The second-order valence-corrected chi connectivity index (χ2v) is 5.69. The van der Waals surface area contributed by atoms with E-state index >= 15 is 0 Å². The van der Waals surface area contributed by atoms with Gasteiger partial charge in [0, 0.05) is 6.08 Å². The van der Waals surface area contributed by atoms with E-state index in [0.717, 1.165) is 5.56 Å². The van der Waals surface area contributed by atoms with E-state index in [0.29, 0.717) is 30.2 Å². The number of amides is 1. The van der Waals surface area contributed by atoms with Crippen LogP contribution >= 0.6 is 0 Å². The Labute approximate surface area is 151 Å². The molecule has 0 unspecified atom stereocenters. The van der Waals surface area contributed by atoms with Crippen LogP contribution in [0, 0.1) is 0 Å². The number of para-hydroxylation sites is 2. The Morgan fingerprint density at radius 1 is 1.15 bits per heavy atom. The topological polar surface area (TPSA) is 73.9 Å². The lowest BCUT2D eigenvalue weighted by atomic mass is 10.1. The largest absolute Gasteiger partial charge is 0.486 e. The van der Waals surface area contributed by atoms with Gasteiger partial charge in [-0.1, -0.05) is 24.3 Å². The second kappa shape index (κ2) is 8.20. The average molecular weight is 353 g/mol. The van der Waals surface area contributed by atoms with Gasteiger partial charge in [-0.2, -0.15) is 0 Å². The fourth-order valence-corrected chi connectivity index (χ4v) is 2.46. The lowest BCUT2D eigenvalue weighted by Gasteiger charge is -2.26. The summed E-state index contributed by atoms with van der Waals surface area (Å²) in [4.78, 5) is 23.3. The van der Waals surface area contributed by atoms with Gasteiger partial charge in [0.25, 0.3) is 0 Å². The Morgan fingerprint density at radius 3 is 2.62 bits per heavy atom. The van der Waals surface area contributed by atoms with Crippen molar-refractivity contribution in [3.8, 4) is 11.5 Å². The van der Waals surface area contributed by atoms with Crippen molar-refractivity contribution >= 4 is 18.0 Å². The summed E-state index contributed by atoms with van der Waals surface area (Å²) in [6.45, 7) is 0.731. The molecule has 0 spiro atoms. The van der Waals surface area contributed by atoms with Crippen LogP contribution in [0.15, 0.2) is 54.6 Å². The zero-order chi connectivity index (χ0) is 18.4. The first kappa shape index (κ1) is 17.5. The molecule has 1 aliphatic rings. The number of ether oxygens (including phenoxy) is 3. The molecule has 1 atom stereocenters. The first-order valence-corrected chi connectivity index (χ1v) is 8.18. The zero-order valence-corrected chi connectivity index (χ0v) is 14.3. The van der Waals surface area contributed by atoms with Crippen LogP contribution < -0.4 is 14.8 Å². The van der Waals surface area contributed by atoms with Gasteiger partial charge in [0.1, 0.15) is 12.7 Å². The smallest absolute Gasteiger partial charge is 0.337 e. The maximum Gasteiger partial charge on any atom is 0.337 e. The summed E-state index contributed by atoms with van der Waals surface area (Å²) in [5.74, 6) is 0.767. The molecule has 1 aliphatic heterocycles. The minimum atomic E-state index is -0.394. The number of esters is 1. The van der Waals surface area contributed by atoms with E-state index in [1.807, 2.05) is 24.3 Å². The van der Waals surface area contributed by atoms with Crippen LogP contribution in [0.5, 0.6) is 11.5 Å². The highest BCUT2D eigenvalue weighted by Gasteiger charge is 2.20. The Bertz CT molecular complexity index is 813. The van der Waals surface area contributed by atoms with E-state index < -0.39 is 5.97 Å². The third-order valence-corrected chi connectivity index (χ3v) is 3.83. The highest BCUT2D eigenvalue weighted by atomic mass is 16.6. The second-order valence-electron chi connectivity index (χ2n) is 5.69. The molecule has 0 fully saturated rings. The average Bonchev–Trinajstić information content (AvgIpc) is 2.70. The van der Waals surface area contributed by atoms with E-state index in [2.05, 4.69) is 10.1 Å². The molecule has 1 heterocycles. The van der Waals surface area contributed by atoms with Crippen LogP contribution in [0.2, 0.25) is 0 Å². The summed E-state index contributed by atoms with van der Waals surface area (Å²) >= 11 is 0. The minimum absolute atomic E-state index is 0.232. The molecule has 26 heavy (non-hydrogen) atoms. The number of carbonyl (C=O) groups is 2. The van der Waals surface area contributed by atoms with Crippen LogP contribution in [-0.4, -0.2) is 38.2 Å². The minimum Gasteiger partial charge on any atom is -0.486 e. The van der Waals surface area contributed by atoms with E-state index in [1.165, 1.54) is 13.2 Å². The van der Waals surface area contributed by atoms with Crippen molar-refractivity contribution in [2.24, 2.45) is 0 Å². The maximum atomic E-state index is 12.0. The molecule has 0 aromatic heterocycles. The van der Waals surface area contributed by atoms with Crippen molar-refractivity contribution < 1.29 is 23.8 Å². The Kier molecular flexibility index (Phi) is 5.53. The maximum absolute atomic E-state index is 12.0. The molecule has 134 valence electrons. The van der Waals surface area contributed by atoms with Crippen LogP contribution in [0.1, 0.15) is 15.9 Å². The molecule has 0 saturated heterocycles. The van der Waals surface area contributed by atoms with E-state index in [1.54, 1.807) is 30.3 Å². The van der Waals surface area contributed by atoms with Gasteiger partial charge in [0.2, 0.25) is 5.91 Å². The predicted molar refractivity (Wildman–Crippen MR) is 96.2 cm³/mol. The van der Waals surface area contributed by atoms with Crippen molar-refractivity contribution in [1.29, 1.82) is 0 Å². The molecule has 3 rings (SSSR count). The Hall–Kier alpha value is -3.28. The van der Waals surface area contributed by atoms with Gasteiger partial charge >= 0.3 is 5.97 Å². The summed E-state index contributed by atoms with van der Waals surface area (Å²) in [6.07, 6.45) is 2.87. The van der Waals surface area contributed by atoms with Crippen LogP contribution in [-0.2, 0) is 9.53 Å². The quantitative estimate of drug-likeness (QED) is 0.660. The lowest BCUT2D eigenvalue weighted by Crippen LogP contribution is -2.40. The van der Waals surface area contributed by atoms with Crippen molar-refractivity contribution in [3.63, 3.8) is 0 Å². The van der Waals surface area contributed by atoms with Crippen LogP contribution in [0.3, 0.4) is 0 Å². The SMILES string of the molecule is COC(=O)c1ccc(/C=C/C(=O)NC[C@@H]2COc3ccccc3O2)cc1. The molecule has 1 N–H and O–H groups in total. The number of benzene rings is 2. The summed E-state index contributed by atoms with van der Waals surface area (Å²) in [5, 5.41) is 2.79. The summed E-state index contributed by atoms with van der Waals surface area (Å²) in [5.41, 5.74) is 1.27. The first-order chi connectivity index (χ1) is 12.7. The molecule has 0 aliphatic carbocycles. The number of nitrogens with one attached hydrogen (secondary N) is 1. The normalized spacial score (nSPS) is 15.5. The summed E-state index contributed by atoms with van der Waals surface area (Å²) in [6, 6.07) is 14.2. The fraction of sp³-hybridized carbons (Fsp3) is 0.200. The van der Waals surface area contributed by atoms with Crippen molar-refractivity contribution in [1.82, 2.24) is 5.32 Å². The van der Waals surface area contributed by atoms with Crippen LogP contribution in [0.4, 0.5) is 0 Å². The monoisotopic (exact) mass is 353 g/mol. The van der Waals surface area contributed by atoms with Gasteiger partial charge in [-0.15, -0.1) is 0 Å². The molecule has 2 aromatic rings. The summed E-state index contributed by atoms with van der Waals surface area (Å²) in [7, 11) is 1.33. The van der Waals surface area contributed by atoms with E-state index in [-0.39, 0.29) is 12.0 Å². The molecule has 0 saturated carbocycles. The van der Waals surface area contributed by atoms with E-state index in [4.69, 9.17) is 9.47 Å². The van der Waals surface area contributed by atoms with Gasteiger partial charge in [0.15, 0.2) is 11.5 Å². The van der Waals surface area contributed by atoms with Crippen LogP contribution in [0.25, 0.3) is 6.08 Å². The number of methoxy groups -OCH3 is 1. The van der Waals surface area contributed by atoms with Gasteiger partial charge in [-0.25, -0.2) is 4.79 Å². The van der Waals surface area contributed by atoms with Crippen molar-refractivity contribution in [2.75, 3.05) is 20.3 Å². The molecular formula is C20H19NO5. The standard InChI is InChI=1S/C20H19NO5/c1-24-20(23)15-9-6-14(7-10-15)8-11-19(22)21-12-16-13-25-17-4-2-3-5-18(17)26-16/h2-11,16H,12-13H2,1H3,(H,21,22)/b11-8+/t16-/m1/s1. The summed E-state index contributed by atoms with van der Waals surface area (Å²) < 4.78 is 16.0. The van der Waals surface area contributed by atoms with E-state index in [9.17, 15) is 9.59 Å². The third kappa shape index (κ3) is 4.42. The Morgan fingerprint density at radius 2 is 1.88 bits per heavy atom. The number of fused-ring (bicyclic) bond motifs is 1. The molecule has 0 bridgehead atoms. The highest BCUT2D eigenvalue weighted by molar-refractivity contribution is 5.92. The highest BCUT2D eigenvalue weighted by Crippen LogP contribution is 2.30. The molecular weight excluding hydrogens is 334 g/mol. The number of hydrogen-bond donors (Lipinski definition) is 1. The van der Waals surface area contributed by atoms with Gasteiger partial charge in [-0.05, 0) is 35.9 Å². The molecule has 6 nitrogen and oxygen atoms in total. The molecule has 6 heteroatoms. The number of carbonyl (C=O) groups excluding carboxylic acids is 2. The molecule has 2 aromatic carbocycles. The molecule has 0 radical (unpaired) electrons. The first-order valence-electron chi connectivity index (χ1n) is 8.18.